The van der Waals surface area contributed by atoms with E-state index in [2.05, 4.69) is 5.32 Å². The number of carbonyl (C=O) groups excluding carboxylic acids is 1. The van der Waals surface area contributed by atoms with Gasteiger partial charge in [0, 0.05) is 23.7 Å². The molecule has 3 rings (SSSR count). The third-order valence-corrected chi connectivity index (χ3v) is 8.04. The van der Waals surface area contributed by atoms with Crippen LogP contribution in [0, 0.1) is 19.8 Å². The SMILES string of the molecule is Cc1cccc(C)c1-c1cc(C(CC(=O)O)NC(=O)C(CC(C)C)n2cc(CCN(C)C)c(C(F)(F)F)cc2=O)cs1. The van der Waals surface area contributed by atoms with E-state index in [0.29, 0.717) is 18.2 Å². The van der Waals surface area contributed by atoms with Gasteiger partial charge in [-0.1, -0.05) is 32.0 Å². The van der Waals surface area contributed by atoms with Gasteiger partial charge in [-0.25, -0.2) is 0 Å². The quantitative estimate of drug-likeness (QED) is 0.255. The first-order chi connectivity index (χ1) is 19.6. The zero-order valence-corrected chi connectivity index (χ0v) is 25.5. The highest BCUT2D eigenvalue weighted by Gasteiger charge is 2.35. The van der Waals surface area contributed by atoms with Gasteiger partial charge in [-0.05, 0) is 86.0 Å². The number of rotatable bonds is 12. The molecule has 0 radical (unpaired) electrons. The van der Waals surface area contributed by atoms with Crippen LogP contribution in [0.3, 0.4) is 0 Å². The Morgan fingerprint density at radius 3 is 2.31 bits per heavy atom. The van der Waals surface area contributed by atoms with Crippen LogP contribution in [0.15, 0.2) is 46.7 Å². The van der Waals surface area contributed by atoms with Crippen molar-refractivity contribution in [3.05, 3.63) is 80.1 Å². The molecule has 0 spiro atoms. The van der Waals surface area contributed by atoms with E-state index in [0.717, 1.165) is 32.3 Å². The number of aryl methyl sites for hydroxylation is 2. The molecule has 0 bridgehead atoms. The van der Waals surface area contributed by atoms with Crippen molar-refractivity contribution in [2.45, 2.75) is 65.2 Å². The summed E-state index contributed by atoms with van der Waals surface area (Å²) in [5, 5.41) is 14.3. The molecule has 0 saturated carbocycles. The summed E-state index contributed by atoms with van der Waals surface area (Å²) >= 11 is 1.43. The Bertz CT molecular complexity index is 1460. The Hall–Kier alpha value is -3.44. The first-order valence-corrected chi connectivity index (χ1v) is 14.6. The number of hydrogen-bond acceptors (Lipinski definition) is 5. The van der Waals surface area contributed by atoms with Gasteiger partial charge in [-0.3, -0.25) is 14.4 Å². The Balaban J connectivity index is 2.02. The predicted molar refractivity (Wildman–Crippen MR) is 159 cm³/mol. The molecule has 2 heterocycles. The lowest BCUT2D eigenvalue weighted by Gasteiger charge is -2.26. The minimum atomic E-state index is -4.73. The highest BCUT2D eigenvalue weighted by Crippen LogP contribution is 2.36. The molecule has 3 aromatic rings. The van der Waals surface area contributed by atoms with Crippen molar-refractivity contribution in [3.8, 4) is 10.4 Å². The van der Waals surface area contributed by atoms with E-state index in [4.69, 9.17) is 0 Å². The molecule has 228 valence electrons. The summed E-state index contributed by atoms with van der Waals surface area (Å²) in [6.07, 6.45) is -3.80. The summed E-state index contributed by atoms with van der Waals surface area (Å²) in [6, 6.07) is 6.31. The molecule has 11 heteroatoms. The van der Waals surface area contributed by atoms with Crippen LogP contribution in [0.4, 0.5) is 13.2 Å². The van der Waals surface area contributed by atoms with Crippen LogP contribution in [0.1, 0.15) is 66.6 Å². The van der Waals surface area contributed by atoms with E-state index >= 15 is 0 Å². The largest absolute Gasteiger partial charge is 0.481 e. The summed E-state index contributed by atoms with van der Waals surface area (Å²) < 4.78 is 42.5. The Labute approximate surface area is 248 Å². The number of carbonyl (C=O) groups is 2. The maximum atomic E-state index is 13.8. The third kappa shape index (κ3) is 8.32. The number of nitrogens with one attached hydrogen (secondary N) is 1. The molecule has 2 atom stereocenters. The number of nitrogens with zero attached hydrogens (tertiary/aromatic N) is 2. The van der Waals surface area contributed by atoms with Crippen LogP contribution < -0.4 is 10.9 Å². The fraction of sp³-hybridized carbons (Fsp3) is 0.452. The highest BCUT2D eigenvalue weighted by atomic mass is 32.1. The molecular formula is C31H38F3N3O4S. The molecule has 0 aliphatic heterocycles. The van der Waals surface area contributed by atoms with Crippen LogP contribution >= 0.6 is 11.3 Å². The van der Waals surface area contributed by atoms with Crippen molar-refractivity contribution in [3.63, 3.8) is 0 Å². The van der Waals surface area contributed by atoms with Gasteiger partial charge in [0.1, 0.15) is 6.04 Å². The number of thiophene rings is 1. The Morgan fingerprint density at radius 1 is 1.12 bits per heavy atom. The summed E-state index contributed by atoms with van der Waals surface area (Å²) in [5.74, 6) is -1.84. The predicted octanol–water partition coefficient (Wildman–Crippen LogP) is 6.24. The molecule has 2 unspecified atom stereocenters. The van der Waals surface area contributed by atoms with Gasteiger partial charge in [0.15, 0.2) is 0 Å². The summed E-state index contributed by atoms with van der Waals surface area (Å²) in [7, 11) is 3.47. The average Bonchev–Trinajstić information content (AvgIpc) is 3.34. The maximum absolute atomic E-state index is 13.8. The lowest BCUT2D eigenvalue weighted by Crippen LogP contribution is -2.40. The molecule has 42 heavy (non-hydrogen) atoms. The second-order valence-corrected chi connectivity index (χ2v) is 12.2. The number of aliphatic carboxylic acids is 1. The molecular weight excluding hydrogens is 567 g/mol. The summed E-state index contributed by atoms with van der Waals surface area (Å²) in [6.45, 7) is 7.97. The molecule has 2 aromatic heterocycles. The Morgan fingerprint density at radius 2 is 1.76 bits per heavy atom. The average molecular weight is 606 g/mol. The number of hydrogen-bond donors (Lipinski definition) is 2. The van der Waals surface area contributed by atoms with Crippen LogP contribution in [0.25, 0.3) is 10.4 Å². The third-order valence-electron chi connectivity index (χ3n) is 7.07. The van der Waals surface area contributed by atoms with Crippen LogP contribution in [0.2, 0.25) is 0 Å². The maximum Gasteiger partial charge on any atom is 0.416 e. The molecule has 0 saturated heterocycles. The topological polar surface area (TPSA) is 91.6 Å². The second-order valence-electron chi connectivity index (χ2n) is 11.3. The number of pyridine rings is 1. The standard InChI is InChI=1S/C31H38F3N3O4S/c1-18(2)12-25(37-16-21(10-11-36(5)6)23(14-27(37)38)31(32,33)34)30(41)35-24(15-28(39)40)22-13-26(42-17-22)29-19(3)8-7-9-20(29)4/h7-9,13-14,16-18,24-25H,10-12,15H2,1-6H3,(H,35,41)(H,39,40). The number of carboxylic acids is 1. The van der Waals surface area contributed by atoms with E-state index in [1.54, 1.807) is 24.4 Å². The smallest absolute Gasteiger partial charge is 0.416 e. The molecule has 0 aliphatic rings. The van der Waals surface area contributed by atoms with Crippen molar-refractivity contribution in [1.29, 1.82) is 0 Å². The van der Waals surface area contributed by atoms with Gasteiger partial charge in [0.05, 0.1) is 18.0 Å². The van der Waals surface area contributed by atoms with Crippen molar-refractivity contribution >= 4 is 23.2 Å². The van der Waals surface area contributed by atoms with Gasteiger partial charge >= 0.3 is 12.1 Å². The van der Waals surface area contributed by atoms with E-state index in [-0.39, 0.29) is 24.3 Å². The van der Waals surface area contributed by atoms with Gasteiger partial charge in [0.2, 0.25) is 5.91 Å². The lowest BCUT2D eigenvalue weighted by atomic mass is 9.98. The number of amides is 1. The molecule has 1 amide bonds. The number of likely N-dealkylation sites (N-methyl/N-ethyl adjacent to an activating group) is 1. The lowest BCUT2D eigenvalue weighted by molar-refractivity contribution is -0.139. The van der Waals surface area contributed by atoms with Gasteiger partial charge in [-0.2, -0.15) is 13.2 Å². The van der Waals surface area contributed by atoms with Crippen LogP contribution in [-0.2, 0) is 22.2 Å². The Kier molecular flexibility index (Phi) is 10.8. The highest BCUT2D eigenvalue weighted by molar-refractivity contribution is 7.13. The van der Waals surface area contributed by atoms with Crippen molar-refractivity contribution in [1.82, 2.24) is 14.8 Å². The summed E-state index contributed by atoms with van der Waals surface area (Å²) in [5.41, 5.74) is 1.71. The minimum absolute atomic E-state index is 0.0236. The second kappa shape index (κ2) is 13.7. The molecule has 7 nitrogen and oxygen atoms in total. The zero-order chi connectivity index (χ0) is 31.4. The number of benzene rings is 1. The fourth-order valence-electron chi connectivity index (χ4n) is 5.00. The van der Waals surface area contributed by atoms with Gasteiger partial charge in [-0.15, -0.1) is 11.3 Å². The molecule has 0 fully saturated rings. The van der Waals surface area contributed by atoms with E-state index in [1.165, 1.54) is 11.3 Å². The number of aromatic nitrogens is 1. The molecule has 0 aliphatic carbocycles. The minimum Gasteiger partial charge on any atom is -0.481 e. The van der Waals surface area contributed by atoms with Gasteiger partial charge < -0.3 is 19.9 Å². The number of halogens is 3. The number of carboxylic acid groups (broad SMARTS) is 1. The zero-order valence-electron chi connectivity index (χ0n) is 24.7. The monoisotopic (exact) mass is 605 g/mol. The molecule has 2 N–H and O–H groups in total. The van der Waals surface area contributed by atoms with E-state index in [1.807, 2.05) is 52.0 Å². The van der Waals surface area contributed by atoms with Crippen LogP contribution in [-0.4, -0.2) is 47.1 Å². The van der Waals surface area contributed by atoms with Crippen molar-refractivity contribution in [2.75, 3.05) is 20.6 Å². The summed E-state index contributed by atoms with van der Waals surface area (Å²) in [4.78, 5) is 41.3. The van der Waals surface area contributed by atoms with Crippen LogP contribution in [0.5, 0.6) is 0 Å². The van der Waals surface area contributed by atoms with Crippen molar-refractivity contribution < 1.29 is 27.9 Å². The normalized spacial score (nSPS) is 13.4. The fourth-order valence-corrected chi connectivity index (χ4v) is 6.14. The van der Waals surface area contributed by atoms with Crippen molar-refractivity contribution in [2.24, 2.45) is 5.92 Å². The first-order valence-electron chi connectivity index (χ1n) is 13.7. The number of alkyl halides is 3. The van der Waals surface area contributed by atoms with Gasteiger partial charge in [0.25, 0.3) is 5.56 Å². The van der Waals surface area contributed by atoms with E-state index < -0.39 is 47.7 Å². The molecule has 1 aromatic carbocycles. The van der Waals surface area contributed by atoms with E-state index in [9.17, 15) is 32.7 Å². The first kappa shape index (κ1) is 33.1.